The number of benzene rings is 1. The quantitative estimate of drug-likeness (QED) is 0.690. The SMILES string of the molecule is S=C(c1ccccc1)c1cccc(C2CCCNC2)n1. The van der Waals surface area contributed by atoms with Gasteiger partial charge in [-0.05, 0) is 37.1 Å². The first-order chi connectivity index (χ1) is 9.84. The number of hydrogen-bond acceptors (Lipinski definition) is 3. The molecule has 1 saturated heterocycles. The molecule has 0 saturated carbocycles. The normalized spacial score (nSPS) is 18.7. The molecule has 20 heavy (non-hydrogen) atoms. The standard InChI is InChI=1S/C17H18N2S/c20-17(13-6-2-1-3-7-13)16-10-4-9-15(19-16)14-8-5-11-18-12-14/h1-4,6-7,9-10,14,18H,5,8,11-12H2. The summed E-state index contributed by atoms with van der Waals surface area (Å²) in [6.45, 7) is 2.15. The number of nitrogens with one attached hydrogen (secondary N) is 1. The highest BCUT2D eigenvalue weighted by atomic mass is 32.1. The minimum absolute atomic E-state index is 0.516. The van der Waals surface area contributed by atoms with E-state index in [0.717, 1.165) is 34.9 Å². The zero-order valence-electron chi connectivity index (χ0n) is 11.4. The second-order valence-corrected chi connectivity index (χ2v) is 5.59. The fourth-order valence-corrected chi connectivity index (χ4v) is 2.90. The molecule has 102 valence electrons. The van der Waals surface area contributed by atoms with Crippen LogP contribution in [0, 0.1) is 0 Å². The van der Waals surface area contributed by atoms with E-state index in [9.17, 15) is 0 Å². The van der Waals surface area contributed by atoms with Crippen molar-refractivity contribution in [3.05, 3.63) is 65.5 Å². The van der Waals surface area contributed by atoms with Gasteiger partial charge in [0.05, 0.1) is 10.6 Å². The molecule has 2 heterocycles. The van der Waals surface area contributed by atoms with Crippen LogP contribution in [0.2, 0.25) is 0 Å². The number of thiocarbonyl (C=S) groups is 1. The van der Waals surface area contributed by atoms with Gasteiger partial charge in [-0.25, -0.2) is 0 Å². The van der Waals surface area contributed by atoms with Gasteiger partial charge in [0.1, 0.15) is 0 Å². The van der Waals surface area contributed by atoms with Crippen LogP contribution in [0.1, 0.15) is 35.7 Å². The zero-order chi connectivity index (χ0) is 13.8. The molecule has 1 aromatic carbocycles. The van der Waals surface area contributed by atoms with Crippen LogP contribution in [0.5, 0.6) is 0 Å². The summed E-state index contributed by atoms with van der Waals surface area (Å²) >= 11 is 5.57. The molecule has 1 atom stereocenters. The fraction of sp³-hybridized carbons (Fsp3) is 0.294. The minimum atomic E-state index is 0.516. The largest absolute Gasteiger partial charge is 0.316 e. The smallest absolute Gasteiger partial charge is 0.0819 e. The molecule has 1 aliphatic rings. The second-order valence-electron chi connectivity index (χ2n) is 5.19. The van der Waals surface area contributed by atoms with Crippen LogP contribution in [-0.4, -0.2) is 22.9 Å². The summed E-state index contributed by atoms with van der Waals surface area (Å²) in [7, 11) is 0. The molecule has 0 aliphatic carbocycles. The van der Waals surface area contributed by atoms with E-state index < -0.39 is 0 Å². The topological polar surface area (TPSA) is 24.9 Å². The van der Waals surface area contributed by atoms with Crippen molar-refractivity contribution in [2.75, 3.05) is 13.1 Å². The molecule has 1 N–H and O–H groups in total. The molecule has 1 aliphatic heterocycles. The van der Waals surface area contributed by atoms with Crippen molar-refractivity contribution >= 4 is 17.1 Å². The molecular weight excluding hydrogens is 264 g/mol. The van der Waals surface area contributed by atoms with Crippen molar-refractivity contribution in [3.8, 4) is 0 Å². The summed E-state index contributed by atoms with van der Waals surface area (Å²) in [6.07, 6.45) is 2.43. The second kappa shape index (κ2) is 6.25. The summed E-state index contributed by atoms with van der Waals surface area (Å²) in [5, 5.41) is 3.44. The number of nitrogens with zero attached hydrogens (tertiary/aromatic N) is 1. The third kappa shape index (κ3) is 2.94. The van der Waals surface area contributed by atoms with Crippen LogP contribution in [0.3, 0.4) is 0 Å². The fourth-order valence-electron chi connectivity index (χ4n) is 2.65. The van der Waals surface area contributed by atoms with Gasteiger partial charge in [0.2, 0.25) is 0 Å². The van der Waals surface area contributed by atoms with Crippen molar-refractivity contribution in [3.63, 3.8) is 0 Å². The summed E-state index contributed by atoms with van der Waals surface area (Å²) in [5.41, 5.74) is 3.14. The molecular formula is C17H18N2S. The first-order valence-electron chi connectivity index (χ1n) is 7.12. The molecule has 0 radical (unpaired) electrons. The highest BCUT2D eigenvalue weighted by Crippen LogP contribution is 2.22. The number of piperidine rings is 1. The lowest BCUT2D eigenvalue weighted by Gasteiger charge is -2.22. The Hall–Kier alpha value is -1.58. The first-order valence-corrected chi connectivity index (χ1v) is 7.53. The lowest BCUT2D eigenvalue weighted by molar-refractivity contribution is 0.454. The van der Waals surface area contributed by atoms with Crippen molar-refractivity contribution in [2.24, 2.45) is 0 Å². The van der Waals surface area contributed by atoms with E-state index in [-0.39, 0.29) is 0 Å². The van der Waals surface area contributed by atoms with Gasteiger partial charge in [-0.2, -0.15) is 0 Å². The Kier molecular flexibility index (Phi) is 4.19. The van der Waals surface area contributed by atoms with Gasteiger partial charge in [-0.3, -0.25) is 4.98 Å². The predicted molar refractivity (Wildman–Crippen MR) is 86.3 cm³/mol. The van der Waals surface area contributed by atoms with Crippen LogP contribution in [0.4, 0.5) is 0 Å². The van der Waals surface area contributed by atoms with Crippen molar-refractivity contribution in [2.45, 2.75) is 18.8 Å². The van der Waals surface area contributed by atoms with E-state index >= 15 is 0 Å². The highest BCUT2D eigenvalue weighted by molar-refractivity contribution is 7.81. The predicted octanol–water partition coefficient (Wildman–Crippen LogP) is 3.31. The lowest BCUT2D eigenvalue weighted by atomic mass is 9.95. The Labute approximate surface area is 125 Å². The maximum atomic E-state index is 5.57. The van der Waals surface area contributed by atoms with Crippen LogP contribution in [0.25, 0.3) is 0 Å². The van der Waals surface area contributed by atoms with E-state index in [2.05, 4.69) is 17.4 Å². The van der Waals surface area contributed by atoms with Crippen LogP contribution in [-0.2, 0) is 0 Å². The molecule has 3 rings (SSSR count). The van der Waals surface area contributed by atoms with Crippen LogP contribution >= 0.6 is 12.2 Å². The Morgan fingerprint density at radius 3 is 2.70 bits per heavy atom. The van der Waals surface area contributed by atoms with Gasteiger partial charge in [0.15, 0.2) is 0 Å². The average Bonchev–Trinajstić information content (AvgIpc) is 2.56. The lowest BCUT2D eigenvalue weighted by Crippen LogP contribution is -2.29. The molecule has 0 bridgehead atoms. The van der Waals surface area contributed by atoms with Gasteiger partial charge in [0, 0.05) is 18.2 Å². The minimum Gasteiger partial charge on any atom is -0.316 e. The third-order valence-electron chi connectivity index (χ3n) is 3.75. The molecule has 1 unspecified atom stereocenters. The highest BCUT2D eigenvalue weighted by Gasteiger charge is 2.17. The van der Waals surface area contributed by atoms with Gasteiger partial charge in [-0.1, -0.05) is 48.6 Å². The number of pyridine rings is 1. The van der Waals surface area contributed by atoms with Gasteiger partial charge in [0.25, 0.3) is 0 Å². The summed E-state index contributed by atoms with van der Waals surface area (Å²) < 4.78 is 0. The van der Waals surface area contributed by atoms with E-state index in [1.807, 2.05) is 36.4 Å². The van der Waals surface area contributed by atoms with E-state index in [1.165, 1.54) is 12.8 Å². The van der Waals surface area contributed by atoms with Crippen LogP contribution < -0.4 is 5.32 Å². The van der Waals surface area contributed by atoms with Gasteiger partial charge < -0.3 is 5.32 Å². The molecule has 0 spiro atoms. The van der Waals surface area contributed by atoms with Crippen molar-refractivity contribution in [1.82, 2.24) is 10.3 Å². The summed E-state index contributed by atoms with van der Waals surface area (Å²) in [4.78, 5) is 5.62. The number of rotatable bonds is 3. The first kappa shape index (κ1) is 13.4. The average molecular weight is 282 g/mol. The Balaban J connectivity index is 1.85. The molecule has 0 amide bonds. The molecule has 2 aromatic rings. The van der Waals surface area contributed by atoms with E-state index in [1.54, 1.807) is 0 Å². The Morgan fingerprint density at radius 1 is 1.10 bits per heavy atom. The molecule has 1 fully saturated rings. The van der Waals surface area contributed by atoms with E-state index in [0.29, 0.717) is 5.92 Å². The zero-order valence-corrected chi connectivity index (χ0v) is 12.2. The monoisotopic (exact) mass is 282 g/mol. The Morgan fingerprint density at radius 2 is 1.95 bits per heavy atom. The van der Waals surface area contributed by atoms with Crippen molar-refractivity contribution in [1.29, 1.82) is 0 Å². The molecule has 3 heteroatoms. The molecule has 2 nitrogen and oxygen atoms in total. The van der Waals surface area contributed by atoms with Gasteiger partial charge >= 0.3 is 0 Å². The van der Waals surface area contributed by atoms with Crippen molar-refractivity contribution < 1.29 is 0 Å². The third-order valence-corrected chi connectivity index (χ3v) is 4.20. The van der Waals surface area contributed by atoms with Crippen LogP contribution in [0.15, 0.2) is 48.5 Å². The Bertz CT molecular complexity index is 589. The molecule has 1 aromatic heterocycles. The number of aromatic nitrogens is 1. The summed E-state index contributed by atoms with van der Waals surface area (Å²) in [5.74, 6) is 0.516. The summed E-state index contributed by atoms with van der Waals surface area (Å²) in [6, 6.07) is 16.3. The van der Waals surface area contributed by atoms with E-state index in [4.69, 9.17) is 17.2 Å². The van der Waals surface area contributed by atoms with Gasteiger partial charge in [-0.15, -0.1) is 0 Å². The maximum Gasteiger partial charge on any atom is 0.0819 e. The number of hydrogen-bond donors (Lipinski definition) is 1. The maximum absolute atomic E-state index is 5.57.